The molecular formula is C72H84Cl4F2N4O6. The van der Waals surface area contributed by atoms with Crippen molar-refractivity contribution in [2.75, 3.05) is 24.2 Å². The number of nitrogens with one attached hydrogen (secondary N) is 2. The first-order chi connectivity index (χ1) is 41.5. The van der Waals surface area contributed by atoms with E-state index >= 15 is 13.6 Å². The van der Waals surface area contributed by atoms with Crippen LogP contribution >= 0.6 is 46.4 Å². The van der Waals surface area contributed by atoms with Crippen LogP contribution in [0.5, 0.6) is 0 Å². The summed E-state index contributed by atoms with van der Waals surface area (Å²) in [6.07, 6.45) is 19.6. The summed E-state index contributed by atoms with van der Waals surface area (Å²) in [7, 11) is 1.99. The average molecular weight is 1280 g/mol. The topological polar surface area (TPSA) is 133 Å². The Morgan fingerprint density at radius 3 is 1.30 bits per heavy atom. The van der Waals surface area contributed by atoms with Crippen LogP contribution in [0.15, 0.2) is 72.8 Å². The molecule has 2 amide bonds. The molecule has 8 aliphatic carbocycles. The molecule has 88 heavy (non-hydrogen) atoms. The lowest BCUT2D eigenvalue weighted by Gasteiger charge is -2.53. The fraction of sp³-hybridized carbons (Fsp3) is 0.583. The summed E-state index contributed by atoms with van der Waals surface area (Å²) >= 11 is 25.7. The maximum absolute atomic E-state index is 16.4. The molecule has 4 heterocycles. The lowest BCUT2D eigenvalue weighted by atomic mass is 9.51. The van der Waals surface area contributed by atoms with E-state index in [0.717, 1.165) is 152 Å². The third-order valence-electron chi connectivity index (χ3n) is 25.4. The average Bonchev–Trinajstić information content (AvgIpc) is 1.50. The number of likely N-dealkylation sites (tertiary alicyclic amines) is 2. The van der Waals surface area contributed by atoms with Crippen LogP contribution in [0.2, 0.25) is 20.1 Å². The number of Topliss-reactive ketones (excluding diaryl/α,β-unsaturated/α-hetero) is 4. The molecule has 4 aromatic carbocycles. The van der Waals surface area contributed by atoms with E-state index in [-0.39, 0.29) is 74.1 Å². The third-order valence-corrected chi connectivity index (χ3v) is 26.5. The summed E-state index contributed by atoms with van der Waals surface area (Å²) < 4.78 is 32.6. The highest BCUT2D eigenvalue weighted by Gasteiger charge is 2.77. The quantitative estimate of drug-likeness (QED) is 0.152. The summed E-state index contributed by atoms with van der Waals surface area (Å²) in [5.74, 6) is -2.38. The lowest BCUT2D eigenvalue weighted by Crippen LogP contribution is -2.61. The second-order valence-electron chi connectivity index (χ2n) is 28.6. The fourth-order valence-electron chi connectivity index (χ4n) is 21.0. The van der Waals surface area contributed by atoms with Gasteiger partial charge in [-0.05, 0) is 200 Å². The molecule has 4 spiro atoms. The summed E-state index contributed by atoms with van der Waals surface area (Å²) in [6, 6.07) is 19.5. The van der Waals surface area contributed by atoms with Gasteiger partial charge in [0.15, 0.2) is 11.6 Å². The Morgan fingerprint density at radius 1 is 0.523 bits per heavy atom. The predicted molar refractivity (Wildman–Crippen MR) is 344 cm³/mol. The van der Waals surface area contributed by atoms with Crippen molar-refractivity contribution in [2.45, 2.75) is 228 Å². The highest BCUT2D eigenvalue weighted by molar-refractivity contribution is 6.32. The minimum absolute atomic E-state index is 0. The van der Waals surface area contributed by atoms with Crippen LogP contribution in [0.1, 0.15) is 216 Å². The fourth-order valence-corrected chi connectivity index (χ4v) is 21.7. The van der Waals surface area contributed by atoms with Gasteiger partial charge < -0.3 is 10.6 Å². The Balaban J connectivity index is 0.000000169. The highest BCUT2D eigenvalue weighted by atomic mass is 35.5. The number of likely N-dealkylation sites (N-methyl/N-ethyl adjacent to an activating group) is 2. The van der Waals surface area contributed by atoms with Crippen LogP contribution in [-0.4, -0.2) is 81.5 Å². The van der Waals surface area contributed by atoms with Crippen molar-refractivity contribution < 1.29 is 37.5 Å². The summed E-state index contributed by atoms with van der Waals surface area (Å²) in [4.78, 5) is 89.0. The van der Waals surface area contributed by atoms with Gasteiger partial charge in [0, 0.05) is 68.0 Å². The van der Waals surface area contributed by atoms with E-state index in [1.807, 2.05) is 19.2 Å². The molecule has 12 aliphatic rings. The Bertz CT molecular complexity index is 3490. The van der Waals surface area contributed by atoms with Gasteiger partial charge in [0.05, 0.1) is 22.1 Å². The smallest absolute Gasteiger partial charge is 0.237 e. The number of benzene rings is 4. The summed E-state index contributed by atoms with van der Waals surface area (Å²) in [5.41, 5.74) is -1.04. The summed E-state index contributed by atoms with van der Waals surface area (Å²) in [5, 5.41) is 7.28. The molecule has 16 rings (SSSR count). The van der Waals surface area contributed by atoms with Gasteiger partial charge in [0.25, 0.3) is 0 Å². The van der Waals surface area contributed by atoms with Crippen molar-refractivity contribution in [3.63, 3.8) is 0 Å². The predicted octanol–water partition coefficient (Wildman–Crippen LogP) is 17.0. The van der Waals surface area contributed by atoms with Crippen LogP contribution in [0, 0.1) is 33.3 Å². The zero-order valence-corrected chi connectivity index (χ0v) is 53.6. The molecule has 470 valence electrons. The molecule has 2 N–H and O–H groups in total. The van der Waals surface area contributed by atoms with Gasteiger partial charge in [-0.25, -0.2) is 8.78 Å². The van der Waals surface area contributed by atoms with Crippen molar-refractivity contribution in [3.8, 4) is 0 Å². The first-order valence-electron chi connectivity index (χ1n) is 32.2. The number of hydrogen-bond donors (Lipinski definition) is 2. The van der Waals surface area contributed by atoms with Crippen LogP contribution < -0.4 is 10.6 Å². The van der Waals surface area contributed by atoms with Gasteiger partial charge in [-0.15, -0.1) is 0 Å². The minimum atomic E-state index is -1.20. The van der Waals surface area contributed by atoms with Crippen LogP contribution in [0.25, 0.3) is 0 Å². The monoisotopic (exact) mass is 1280 g/mol. The molecule has 4 aliphatic heterocycles. The first-order valence-corrected chi connectivity index (χ1v) is 33.7. The van der Waals surface area contributed by atoms with E-state index in [2.05, 4.69) is 27.4 Å². The second kappa shape index (κ2) is 22.9. The normalized spacial score (nSPS) is 33.8. The molecule has 10 fully saturated rings. The van der Waals surface area contributed by atoms with Crippen molar-refractivity contribution in [2.24, 2.45) is 21.7 Å². The number of anilines is 2. The van der Waals surface area contributed by atoms with Gasteiger partial charge in [-0.3, -0.25) is 38.6 Å². The molecule has 0 aromatic heterocycles. The van der Waals surface area contributed by atoms with Crippen LogP contribution in [-0.2, 0) is 39.6 Å². The van der Waals surface area contributed by atoms with E-state index in [1.54, 1.807) is 62.4 Å². The number of fused-ring (bicyclic) bond motifs is 12. The zero-order valence-electron chi connectivity index (χ0n) is 50.5. The Morgan fingerprint density at radius 2 is 0.898 bits per heavy atom. The zero-order chi connectivity index (χ0) is 61.4. The van der Waals surface area contributed by atoms with Gasteiger partial charge in [0.2, 0.25) is 11.8 Å². The van der Waals surface area contributed by atoms with Crippen molar-refractivity contribution in [1.82, 2.24) is 9.80 Å². The molecular weight excluding hydrogens is 1200 g/mol. The van der Waals surface area contributed by atoms with E-state index in [4.69, 9.17) is 46.4 Å². The molecule has 6 atom stereocenters. The number of nitrogens with zero attached hydrogens (tertiary/aromatic N) is 2. The van der Waals surface area contributed by atoms with Crippen molar-refractivity contribution in [3.05, 3.63) is 127 Å². The second-order valence-corrected chi connectivity index (χ2v) is 30.3. The van der Waals surface area contributed by atoms with E-state index in [0.29, 0.717) is 51.9 Å². The molecule has 0 unspecified atom stereocenters. The third kappa shape index (κ3) is 9.04. The lowest BCUT2D eigenvalue weighted by molar-refractivity contribution is -0.140. The number of carbonyl (C=O) groups is 6. The van der Waals surface area contributed by atoms with Crippen LogP contribution in [0.3, 0.4) is 0 Å². The van der Waals surface area contributed by atoms with Crippen molar-refractivity contribution >= 4 is 92.7 Å². The number of carbonyl (C=O) groups excluding carboxylic acids is 6. The SMILES string of the molecule is C.CC(=O)C12CCC(CC(=O)[C@H]3[C@H](c4cccc(Cl)c4F)[C@]4(C(=O)Nc5cc(Cl)ccc54)C4(CCCCC4)N3C)(CC1)CC2.CCN1[C@@H](C(=O)CC23CCC(C(C)=O)(CC2)CC3)[C@H](c2cccc(Cl)c2F)[C@]2(C(=O)Nc3cc(Cl)ccc32)C12CCCCC2. The molecule has 4 bridgehead atoms. The van der Waals surface area contributed by atoms with Crippen LogP contribution in [0.4, 0.5) is 20.2 Å². The Kier molecular flexibility index (Phi) is 16.6. The maximum Gasteiger partial charge on any atom is 0.237 e. The van der Waals surface area contributed by atoms with E-state index in [9.17, 15) is 24.0 Å². The molecule has 2 saturated heterocycles. The van der Waals surface area contributed by atoms with Gasteiger partial charge in [-0.2, -0.15) is 0 Å². The maximum atomic E-state index is 16.4. The molecule has 8 saturated carbocycles. The van der Waals surface area contributed by atoms with Crippen molar-refractivity contribution in [1.29, 1.82) is 0 Å². The number of amides is 2. The summed E-state index contributed by atoms with van der Waals surface area (Å²) in [6.45, 7) is 6.05. The number of ketones is 4. The Hall–Kier alpha value is -4.56. The number of rotatable bonds is 11. The number of halogens is 6. The largest absolute Gasteiger partial charge is 0.325 e. The minimum Gasteiger partial charge on any atom is -0.325 e. The molecule has 10 nitrogen and oxygen atoms in total. The molecule has 16 heteroatoms. The molecule has 0 radical (unpaired) electrons. The number of hydrogen-bond acceptors (Lipinski definition) is 8. The van der Waals surface area contributed by atoms with Gasteiger partial charge in [0.1, 0.15) is 34.0 Å². The van der Waals surface area contributed by atoms with E-state index in [1.165, 1.54) is 12.1 Å². The highest BCUT2D eigenvalue weighted by Crippen LogP contribution is 2.70. The van der Waals surface area contributed by atoms with Gasteiger partial charge in [-0.1, -0.05) is 136 Å². The molecule has 4 aromatic rings. The standard InChI is InChI=1S/C36H41Cl2FN2O3.C35H39Cl2FN2O3.CH4/c1-3-41-31(28(43)21-33-14-17-34(18-15-33,19-16-33)22(2)42)29(24-8-7-9-26(38)30(24)39)36(35(41)12-5-4-6-13-35)25-11-10-23(37)20-27(25)40-32(36)44;1-21(41)33-16-13-32(14-17-33,15-18-33)20-27(42)30-28(23-7-6-8-25(37)29(23)38)35(34(40(30)2)11-4-3-5-12-34)24-10-9-22(36)19-26(24)39-31(35)43;/h7-11,20,29,31H,3-6,12-19,21H2,1-2H3,(H,40,44);6-10,19,28,30H,3-5,11-18,20H2,1-2H3,(H,39,43);1H4/t29-,31-,33?,34?,36+;28-,30-,32?,33?,35+;/m00./s1. The first kappa shape index (κ1) is 63.6. The Labute approximate surface area is 537 Å². The van der Waals surface area contributed by atoms with E-state index < -0.39 is 57.5 Å². The van der Waals surface area contributed by atoms with Gasteiger partial charge >= 0.3 is 0 Å².